The van der Waals surface area contributed by atoms with Crippen molar-refractivity contribution in [1.29, 1.82) is 0 Å². The highest BCUT2D eigenvalue weighted by Crippen LogP contribution is 2.27. The van der Waals surface area contributed by atoms with Gasteiger partial charge in [-0.3, -0.25) is 9.48 Å². The van der Waals surface area contributed by atoms with Gasteiger partial charge in [-0.05, 0) is 25.1 Å². The Morgan fingerprint density at radius 3 is 2.76 bits per heavy atom. The third-order valence-electron chi connectivity index (χ3n) is 5.56. The van der Waals surface area contributed by atoms with Crippen molar-refractivity contribution in [3.63, 3.8) is 0 Å². The Morgan fingerprint density at radius 1 is 1.06 bits per heavy atom. The van der Waals surface area contributed by atoms with E-state index in [9.17, 15) is 4.79 Å². The molecule has 9 nitrogen and oxygen atoms in total. The van der Waals surface area contributed by atoms with Gasteiger partial charge in [0.15, 0.2) is 0 Å². The van der Waals surface area contributed by atoms with Crippen LogP contribution in [0.3, 0.4) is 0 Å². The van der Waals surface area contributed by atoms with E-state index in [-0.39, 0.29) is 5.91 Å². The molecule has 0 atom stereocenters. The number of carbonyl (C=O) groups is 1. The van der Waals surface area contributed by atoms with Gasteiger partial charge in [-0.15, -0.1) is 0 Å². The second-order valence-electron chi connectivity index (χ2n) is 7.95. The Bertz CT molecular complexity index is 1610. The average molecular weight is 449 g/mol. The number of amides is 1. The first kappa shape index (κ1) is 19.9. The number of anilines is 1. The summed E-state index contributed by atoms with van der Waals surface area (Å²) in [4.78, 5) is 22.4. The first-order valence-electron chi connectivity index (χ1n) is 10.7. The van der Waals surface area contributed by atoms with E-state index in [1.54, 1.807) is 30.1 Å². The molecule has 0 saturated heterocycles. The summed E-state index contributed by atoms with van der Waals surface area (Å²) in [5.74, 6) is -0.289. The van der Waals surface area contributed by atoms with E-state index >= 15 is 0 Å². The van der Waals surface area contributed by atoms with E-state index in [4.69, 9.17) is 4.52 Å². The van der Waals surface area contributed by atoms with Crippen LogP contribution < -0.4 is 5.32 Å². The number of aromatic nitrogens is 6. The van der Waals surface area contributed by atoms with E-state index in [1.807, 2.05) is 65.3 Å². The lowest BCUT2D eigenvalue weighted by molar-refractivity contribution is 0.102. The highest BCUT2D eigenvalue weighted by atomic mass is 16.5. The second-order valence-corrected chi connectivity index (χ2v) is 7.95. The van der Waals surface area contributed by atoms with E-state index in [2.05, 4.69) is 25.5 Å². The normalized spacial score (nSPS) is 11.3. The number of fused-ring (bicyclic) bond motifs is 2. The van der Waals surface area contributed by atoms with Crippen molar-refractivity contribution >= 4 is 28.3 Å². The Morgan fingerprint density at radius 2 is 1.91 bits per heavy atom. The minimum absolute atomic E-state index is 0.289. The molecule has 0 aliphatic carbocycles. The first-order chi connectivity index (χ1) is 16.6. The molecule has 1 aromatic carbocycles. The van der Waals surface area contributed by atoms with Gasteiger partial charge in [0.2, 0.25) is 0 Å². The molecule has 0 unspecified atom stereocenters. The molecule has 0 radical (unpaired) electrons. The summed E-state index contributed by atoms with van der Waals surface area (Å²) < 4.78 is 9.08. The Balaban J connectivity index is 1.28. The molecule has 1 amide bonds. The van der Waals surface area contributed by atoms with Gasteiger partial charge in [0.25, 0.3) is 11.6 Å². The number of hydrogen-bond donors (Lipinski definition) is 1. The number of aryl methyl sites for hydroxylation is 1. The van der Waals surface area contributed by atoms with Crippen LogP contribution in [0.5, 0.6) is 0 Å². The molecule has 1 N–H and O–H groups in total. The molecule has 166 valence electrons. The minimum Gasteiger partial charge on any atom is -0.335 e. The zero-order chi connectivity index (χ0) is 23.1. The number of nitrogens with one attached hydrogen (secondary N) is 1. The lowest BCUT2D eigenvalue weighted by atomic mass is 10.1. The molecule has 6 aromatic rings. The van der Waals surface area contributed by atoms with Crippen molar-refractivity contribution in [3.05, 3.63) is 96.3 Å². The standard InChI is InChI=1S/C25H19N7O2/c1-16-23-20(11-21(29-25(23)34-30-16)17-7-3-2-4-8-17)24(33)28-18-12-26-32(14-18)15-19-13-31-10-6-5-9-22(31)27-19/h2-14H,15H2,1H3,(H,28,33). The van der Waals surface area contributed by atoms with Crippen molar-refractivity contribution in [1.82, 2.24) is 29.3 Å². The second kappa shape index (κ2) is 7.96. The molecule has 0 bridgehead atoms. The summed E-state index contributed by atoms with van der Waals surface area (Å²) in [7, 11) is 0. The van der Waals surface area contributed by atoms with E-state index < -0.39 is 0 Å². The molecule has 0 spiro atoms. The zero-order valence-corrected chi connectivity index (χ0v) is 18.2. The summed E-state index contributed by atoms with van der Waals surface area (Å²) in [5.41, 5.74) is 5.21. The summed E-state index contributed by atoms with van der Waals surface area (Å²) in [6, 6.07) is 17.3. The fraction of sp³-hybridized carbons (Fsp3) is 0.0800. The Labute approximate surface area is 193 Å². The van der Waals surface area contributed by atoms with Crippen LogP contribution in [0.15, 0.2) is 83.9 Å². The average Bonchev–Trinajstić information content (AvgIpc) is 3.57. The van der Waals surface area contributed by atoms with Gasteiger partial charge in [0.05, 0.1) is 46.5 Å². The molecule has 0 fully saturated rings. The van der Waals surface area contributed by atoms with Crippen molar-refractivity contribution in [3.8, 4) is 11.3 Å². The molecule has 5 aromatic heterocycles. The van der Waals surface area contributed by atoms with Gasteiger partial charge in [-0.2, -0.15) is 5.10 Å². The van der Waals surface area contributed by atoms with Crippen LogP contribution in [0.1, 0.15) is 21.7 Å². The largest absolute Gasteiger partial charge is 0.335 e. The van der Waals surface area contributed by atoms with Gasteiger partial charge >= 0.3 is 0 Å². The molecule has 0 saturated carbocycles. The van der Waals surface area contributed by atoms with E-state index in [0.29, 0.717) is 40.3 Å². The van der Waals surface area contributed by atoms with E-state index in [1.165, 1.54) is 0 Å². The SMILES string of the molecule is Cc1noc2nc(-c3ccccc3)cc(C(=O)Nc3cnn(Cc4cn5ccccc5n4)c3)c12. The van der Waals surface area contributed by atoms with Crippen LogP contribution in [0.2, 0.25) is 0 Å². The molecule has 0 aliphatic heterocycles. The molecule has 6 rings (SSSR count). The number of nitrogens with zero attached hydrogens (tertiary/aromatic N) is 6. The van der Waals surface area contributed by atoms with Crippen LogP contribution in [-0.2, 0) is 6.54 Å². The molecule has 5 heterocycles. The van der Waals surface area contributed by atoms with Crippen molar-refractivity contribution < 1.29 is 9.32 Å². The number of pyridine rings is 2. The summed E-state index contributed by atoms with van der Waals surface area (Å²) in [6.45, 7) is 2.28. The van der Waals surface area contributed by atoms with Gasteiger partial charge < -0.3 is 14.2 Å². The topological polar surface area (TPSA) is 103 Å². The molecular weight excluding hydrogens is 430 g/mol. The van der Waals surface area contributed by atoms with Crippen LogP contribution >= 0.6 is 0 Å². The van der Waals surface area contributed by atoms with Crippen LogP contribution in [-0.4, -0.2) is 35.2 Å². The first-order valence-corrected chi connectivity index (χ1v) is 10.7. The minimum atomic E-state index is -0.289. The molecular formula is C25H19N7O2. The third kappa shape index (κ3) is 3.58. The maximum absolute atomic E-state index is 13.3. The lowest BCUT2D eigenvalue weighted by Crippen LogP contribution is -2.13. The lowest BCUT2D eigenvalue weighted by Gasteiger charge is -2.07. The predicted octanol–water partition coefficient (Wildman–Crippen LogP) is 4.34. The summed E-state index contributed by atoms with van der Waals surface area (Å²) in [5, 5.41) is 11.9. The maximum Gasteiger partial charge on any atom is 0.259 e. The van der Waals surface area contributed by atoms with Crippen molar-refractivity contribution in [2.75, 3.05) is 5.32 Å². The fourth-order valence-corrected chi connectivity index (χ4v) is 3.97. The van der Waals surface area contributed by atoms with Crippen LogP contribution in [0.4, 0.5) is 5.69 Å². The third-order valence-corrected chi connectivity index (χ3v) is 5.56. The summed E-state index contributed by atoms with van der Waals surface area (Å²) >= 11 is 0. The zero-order valence-electron chi connectivity index (χ0n) is 18.2. The van der Waals surface area contributed by atoms with Crippen molar-refractivity contribution in [2.45, 2.75) is 13.5 Å². The maximum atomic E-state index is 13.3. The highest BCUT2D eigenvalue weighted by molar-refractivity contribution is 6.12. The Hall–Kier alpha value is -4.79. The molecule has 0 aliphatic rings. The predicted molar refractivity (Wildman–Crippen MR) is 126 cm³/mol. The quantitative estimate of drug-likeness (QED) is 0.420. The number of imidazole rings is 1. The molecule has 34 heavy (non-hydrogen) atoms. The van der Waals surface area contributed by atoms with Crippen molar-refractivity contribution in [2.24, 2.45) is 0 Å². The van der Waals surface area contributed by atoms with E-state index in [0.717, 1.165) is 16.9 Å². The van der Waals surface area contributed by atoms with Crippen LogP contribution in [0, 0.1) is 6.92 Å². The smallest absolute Gasteiger partial charge is 0.259 e. The van der Waals surface area contributed by atoms with Gasteiger partial charge in [0, 0.05) is 24.2 Å². The van der Waals surface area contributed by atoms with Gasteiger partial charge in [-0.1, -0.05) is 41.6 Å². The monoisotopic (exact) mass is 449 g/mol. The number of rotatable bonds is 5. The Kier molecular flexibility index (Phi) is 4.65. The number of hydrogen-bond acceptors (Lipinski definition) is 6. The van der Waals surface area contributed by atoms with Crippen LogP contribution in [0.25, 0.3) is 28.0 Å². The molecule has 9 heteroatoms. The van der Waals surface area contributed by atoms with Gasteiger partial charge in [-0.25, -0.2) is 9.97 Å². The summed E-state index contributed by atoms with van der Waals surface area (Å²) in [6.07, 6.45) is 7.30. The fourth-order valence-electron chi connectivity index (χ4n) is 3.97. The number of carbonyl (C=O) groups excluding carboxylic acids is 1. The number of benzene rings is 1. The highest BCUT2D eigenvalue weighted by Gasteiger charge is 2.20. The van der Waals surface area contributed by atoms with Gasteiger partial charge in [0.1, 0.15) is 5.65 Å².